The molecule has 8 nitrogen and oxygen atoms in total. The maximum absolute atomic E-state index is 12.5. The highest BCUT2D eigenvalue weighted by Gasteiger charge is 2.23. The van der Waals surface area contributed by atoms with Crippen molar-refractivity contribution in [2.45, 2.75) is 25.7 Å². The number of hydrogen-bond acceptors (Lipinski definition) is 5. The van der Waals surface area contributed by atoms with E-state index in [9.17, 15) is 18.0 Å². The van der Waals surface area contributed by atoms with Crippen LogP contribution in [0.3, 0.4) is 0 Å². The van der Waals surface area contributed by atoms with E-state index in [2.05, 4.69) is 15.6 Å². The number of hydrogen-bond donors (Lipinski definition) is 3. The van der Waals surface area contributed by atoms with E-state index < -0.39 is 21.8 Å². The number of halogens is 2. The zero-order chi connectivity index (χ0) is 23.2. The Kier molecular flexibility index (Phi) is 8.69. The Morgan fingerprint density at radius 3 is 2.42 bits per heavy atom. The van der Waals surface area contributed by atoms with Crippen molar-refractivity contribution in [3.63, 3.8) is 0 Å². The van der Waals surface area contributed by atoms with E-state index >= 15 is 0 Å². The number of carbonyl (C=O) groups excluding carboxylic acids is 2. The van der Waals surface area contributed by atoms with E-state index in [1.807, 2.05) is 26.8 Å². The first-order valence-corrected chi connectivity index (χ1v) is 11.5. The molecule has 0 aliphatic rings. The SMILES string of the molecule is Cc1cccc(OCC(=O)NNC(=O)c2cc(S(=O)(=O)NCC(C)C)c(Cl)cc2Cl)c1. The molecule has 2 aromatic carbocycles. The lowest BCUT2D eigenvalue weighted by Gasteiger charge is -2.13. The Morgan fingerprint density at radius 2 is 1.77 bits per heavy atom. The molecular weight excluding hydrogens is 465 g/mol. The lowest BCUT2D eigenvalue weighted by atomic mass is 10.2. The molecule has 0 bridgehead atoms. The van der Waals surface area contributed by atoms with Crippen LogP contribution in [-0.4, -0.2) is 33.4 Å². The maximum Gasteiger partial charge on any atom is 0.276 e. The van der Waals surface area contributed by atoms with Crippen molar-refractivity contribution in [1.29, 1.82) is 0 Å². The number of aryl methyl sites for hydroxylation is 1. The third-order valence-corrected chi connectivity index (χ3v) is 6.11. The highest BCUT2D eigenvalue weighted by atomic mass is 35.5. The molecule has 2 amide bonds. The van der Waals surface area contributed by atoms with Crippen molar-refractivity contribution in [3.05, 3.63) is 57.6 Å². The molecule has 168 valence electrons. The number of sulfonamides is 1. The second-order valence-electron chi connectivity index (χ2n) is 7.12. The minimum atomic E-state index is -3.96. The van der Waals surface area contributed by atoms with Crippen LogP contribution in [0.4, 0.5) is 0 Å². The number of nitrogens with one attached hydrogen (secondary N) is 3. The molecule has 31 heavy (non-hydrogen) atoms. The van der Waals surface area contributed by atoms with E-state index in [4.69, 9.17) is 27.9 Å². The predicted octanol–water partition coefficient (Wildman–Crippen LogP) is 3.08. The van der Waals surface area contributed by atoms with Crippen molar-refractivity contribution < 1.29 is 22.7 Å². The van der Waals surface area contributed by atoms with Gasteiger partial charge in [0.05, 0.1) is 15.6 Å². The largest absolute Gasteiger partial charge is 0.484 e. The number of hydrazine groups is 1. The average Bonchev–Trinajstić information content (AvgIpc) is 2.69. The monoisotopic (exact) mass is 487 g/mol. The van der Waals surface area contributed by atoms with Crippen molar-refractivity contribution in [2.75, 3.05) is 13.2 Å². The van der Waals surface area contributed by atoms with Gasteiger partial charge in [-0.15, -0.1) is 0 Å². The lowest BCUT2D eigenvalue weighted by molar-refractivity contribution is -0.123. The molecule has 2 rings (SSSR count). The van der Waals surface area contributed by atoms with Crippen molar-refractivity contribution in [1.82, 2.24) is 15.6 Å². The minimum absolute atomic E-state index is 0.0702. The smallest absolute Gasteiger partial charge is 0.276 e. The normalized spacial score (nSPS) is 11.3. The average molecular weight is 488 g/mol. The maximum atomic E-state index is 12.5. The number of benzene rings is 2. The molecule has 0 fully saturated rings. The molecule has 0 atom stereocenters. The van der Waals surface area contributed by atoms with Crippen LogP contribution >= 0.6 is 23.2 Å². The summed E-state index contributed by atoms with van der Waals surface area (Å²) in [7, 11) is -3.96. The molecule has 2 aromatic rings. The van der Waals surface area contributed by atoms with Crippen LogP contribution in [0.15, 0.2) is 41.3 Å². The van der Waals surface area contributed by atoms with Gasteiger partial charge in [0.25, 0.3) is 11.8 Å². The molecule has 0 saturated heterocycles. The predicted molar refractivity (Wildman–Crippen MR) is 119 cm³/mol. The van der Waals surface area contributed by atoms with Gasteiger partial charge in [0, 0.05) is 6.54 Å². The van der Waals surface area contributed by atoms with Crippen molar-refractivity contribution in [3.8, 4) is 5.75 Å². The van der Waals surface area contributed by atoms with Gasteiger partial charge in [-0.25, -0.2) is 13.1 Å². The summed E-state index contributed by atoms with van der Waals surface area (Å²) >= 11 is 12.1. The topological polar surface area (TPSA) is 114 Å². The van der Waals surface area contributed by atoms with Crippen LogP contribution in [0.25, 0.3) is 0 Å². The van der Waals surface area contributed by atoms with Gasteiger partial charge in [-0.05, 0) is 42.7 Å². The lowest BCUT2D eigenvalue weighted by Crippen LogP contribution is -2.44. The molecule has 11 heteroatoms. The van der Waals surface area contributed by atoms with Crippen LogP contribution in [0.5, 0.6) is 5.75 Å². The first kappa shape index (κ1) is 24.9. The molecule has 0 aliphatic heterocycles. The molecule has 0 radical (unpaired) electrons. The molecule has 0 aromatic heterocycles. The number of rotatable bonds is 8. The minimum Gasteiger partial charge on any atom is -0.484 e. The Labute approximate surface area is 191 Å². The summed E-state index contributed by atoms with van der Waals surface area (Å²) in [5.74, 6) is -0.857. The van der Waals surface area contributed by atoms with E-state index in [0.29, 0.717) is 5.75 Å². The van der Waals surface area contributed by atoms with Gasteiger partial charge in [-0.1, -0.05) is 49.2 Å². The van der Waals surface area contributed by atoms with Crippen molar-refractivity contribution in [2.24, 2.45) is 5.92 Å². The Balaban J connectivity index is 2.04. The van der Waals surface area contributed by atoms with Gasteiger partial charge in [0.15, 0.2) is 6.61 Å². The number of carbonyl (C=O) groups is 2. The van der Waals surface area contributed by atoms with Crippen LogP contribution in [0.2, 0.25) is 10.0 Å². The first-order chi connectivity index (χ1) is 14.5. The summed E-state index contributed by atoms with van der Waals surface area (Å²) < 4.78 is 32.7. The van der Waals surface area contributed by atoms with Gasteiger partial charge in [-0.2, -0.15) is 0 Å². The molecule has 0 saturated carbocycles. The van der Waals surface area contributed by atoms with Gasteiger partial charge < -0.3 is 4.74 Å². The van der Waals surface area contributed by atoms with E-state index in [0.717, 1.165) is 17.7 Å². The quantitative estimate of drug-likeness (QED) is 0.495. The summed E-state index contributed by atoms with van der Waals surface area (Å²) in [6, 6.07) is 9.34. The van der Waals surface area contributed by atoms with Crippen LogP contribution in [0.1, 0.15) is 29.8 Å². The second-order valence-corrected chi connectivity index (χ2v) is 9.67. The van der Waals surface area contributed by atoms with Gasteiger partial charge >= 0.3 is 0 Å². The second kappa shape index (κ2) is 10.8. The molecule has 0 heterocycles. The van der Waals surface area contributed by atoms with Crippen LogP contribution in [0, 0.1) is 12.8 Å². The molecule has 0 spiro atoms. The summed E-state index contributed by atoms with van der Waals surface area (Å²) in [6.07, 6.45) is 0. The van der Waals surface area contributed by atoms with Gasteiger partial charge in [0.1, 0.15) is 10.6 Å². The molecule has 0 aliphatic carbocycles. The standard InChI is InChI=1S/C20H23Cl2N3O5S/c1-12(2)10-23-31(28,29)18-8-15(16(21)9-17(18)22)20(27)25-24-19(26)11-30-14-6-4-5-13(3)7-14/h4-9,12,23H,10-11H2,1-3H3,(H,24,26)(H,25,27). The van der Waals surface area contributed by atoms with Crippen LogP contribution < -0.4 is 20.3 Å². The van der Waals surface area contributed by atoms with E-state index in [1.165, 1.54) is 0 Å². The van der Waals surface area contributed by atoms with Gasteiger partial charge in [0.2, 0.25) is 10.0 Å². The molecule has 3 N–H and O–H groups in total. The third-order valence-electron chi connectivity index (χ3n) is 3.91. The van der Waals surface area contributed by atoms with Crippen molar-refractivity contribution >= 4 is 45.0 Å². The fraction of sp³-hybridized carbons (Fsp3) is 0.300. The highest BCUT2D eigenvalue weighted by Crippen LogP contribution is 2.28. The van der Waals surface area contributed by atoms with Gasteiger partial charge in [-0.3, -0.25) is 20.4 Å². The van der Waals surface area contributed by atoms with E-state index in [-0.39, 0.29) is 39.6 Å². The third kappa shape index (κ3) is 7.39. The molecular formula is C20H23Cl2N3O5S. The fourth-order valence-corrected chi connectivity index (χ4v) is 4.42. The summed E-state index contributed by atoms with van der Waals surface area (Å²) in [5, 5.41) is -0.205. The Bertz CT molecular complexity index is 1070. The molecule has 0 unspecified atom stereocenters. The van der Waals surface area contributed by atoms with Crippen LogP contribution in [-0.2, 0) is 14.8 Å². The van der Waals surface area contributed by atoms with E-state index in [1.54, 1.807) is 18.2 Å². The first-order valence-electron chi connectivity index (χ1n) is 9.27. The Morgan fingerprint density at radius 1 is 1.06 bits per heavy atom. The zero-order valence-electron chi connectivity index (χ0n) is 17.2. The number of ether oxygens (including phenoxy) is 1. The Hall–Kier alpha value is -2.33. The highest BCUT2D eigenvalue weighted by molar-refractivity contribution is 7.89. The fourth-order valence-electron chi connectivity index (χ4n) is 2.35. The summed E-state index contributed by atoms with van der Waals surface area (Å²) in [5.41, 5.74) is 5.16. The summed E-state index contributed by atoms with van der Waals surface area (Å²) in [4.78, 5) is 24.1. The zero-order valence-corrected chi connectivity index (χ0v) is 19.5. The summed E-state index contributed by atoms with van der Waals surface area (Å²) in [6.45, 7) is 5.43. The number of amides is 2.